The molecule has 0 radical (unpaired) electrons. The van der Waals surface area contributed by atoms with Crippen molar-refractivity contribution < 1.29 is 17.9 Å². The molecule has 3 rings (SSSR count). The quantitative estimate of drug-likeness (QED) is 0.805. The predicted molar refractivity (Wildman–Crippen MR) is 101 cm³/mol. The molecule has 0 saturated carbocycles. The van der Waals surface area contributed by atoms with Crippen molar-refractivity contribution in [2.75, 3.05) is 25.9 Å². The van der Waals surface area contributed by atoms with E-state index in [1.165, 1.54) is 17.0 Å². The Hall–Kier alpha value is -1.60. The van der Waals surface area contributed by atoms with Gasteiger partial charge in [-0.2, -0.15) is 0 Å². The van der Waals surface area contributed by atoms with E-state index < -0.39 is 10.0 Å². The Labute approximate surface area is 156 Å². The maximum Gasteiger partial charge on any atom is 0.257 e. The Balaban J connectivity index is 1.69. The van der Waals surface area contributed by atoms with Gasteiger partial charge in [0.25, 0.3) is 5.91 Å². The van der Waals surface area contributed by atoms with Crippen molar-refractivity contribution in [1.29, 1.82) is 0 Å². The van der Waals surface area contributed by atoms with Crippen LogP contribution in [0.5, 0.6) is 5.75 Å². The molecule has 2 heterocycles. The first kappa shape index (κ1) is 19.2. The number of hydrogen-bond acceptors (Lipinski definition) is 4. The molecule has 26 heavy (non-hydrogen) atoms. The SMILES string of the molecule is C[C@@H]1CCCCN1C(=O)c1ccccc1OC1CCN(S(C)(=O)=O)CC1. The van der Waals surface area contributed by atoms with E-state index in [2.05, 4.69) is 6.92 Å². The topological polar surface area (TPSA) is 66.9 Å². The lowest BCUT2D eigenvalue weighted by molar-refractivity contribution is 0.0625. The number of rotatable bonds is 4. The van der Waals surface area contributed by atoms with Crippen LogP contribution < -0.4 is 4.74 Å². The van der Waals surface area contributed by atoms with Gasteiger partial charge < -0.3 is 9.64 Å². The van der Waals surface area contributed by atoms with Gasteiger partial charge in [0, 0.05) is 25.7 Å². The van der Waals surface area contributed by atoms with Gasteiger partial charge in [0.1, 0.15) is 11.9 Å². The van der Waals surface area contributed by atoms with Crippen molar-refractivity contribution in [1.82, 2.24) is 9.21 Å². The van der Waals surface area contributed by atoms with Crippen LogP contribution in [0.25, 0.3) is 0 Å². The number of likely N-dealkylation sites (tertiary alicyclic amines) is 1. The highest BCUT2D eigenvalue weighted by molar-refractivity contribution is 7.88. The lowest BCUT2D eigenvalue weighted by Crippen LogP contribution is -2.43. The van der Waals surface area contributed by atoms with Crippen LogP contribution in [-0.2, 0) is 10.0 Å². The number of amides is 1. The molecule has 6 nitrogen and oxygen atoms in total. The van der Waals surface area contributed by atoms with Crippen molar-refractivity contribution in [3.63, 3.8) is 0 Å². The average Bonchev–Trinajstić information content (AvgIpc) is 2.62. The van der Waals surface area contributed by atoms with Gasteiger partial charge in [-0.25, -0.2) is 12.7 Å². The molecule has 0 aromatic heterocycles. The van der Waals surface area contributed by atoms with Crippen molar-refractivity contribution in [2.24, 2.45) is 0 Å². The molecule has 0 bridgehead atoms. The number of para-hydroxylation sites is 1. The first-order valence-electron chi connectivity index (χ1n) is 9.38. The van der Waals surface area contributed by atoms with Gasteiger partial charge in [-0.1, -0.05) is 12.1 Å². The van der Waals surface area contributed by atoms with E-state index in [1.54, 1.807) is 0 Å². The molecule has 0 N–H and O–H groups in total. The molecular weight excluding hydrogens is 352 g/mol. The fourth-order valence-electron chi connectivity index (χ4n) is 3.76. The van der Waals surface area contributed by atoms with Gasteiger partial charge >= 0.3 is 0 Å². The molecule has 0 spiro atoms. The van der Waals surface area contributed by atoms with Crippen molar-refractivity contribution in [3.8, 4) is 5.75 Å². The lowest BCUT2D eigenvalue weighted by atomic mass is 10.0. The Morgan fingerprint density at radius 2 is 1.77 bits per heavy atom. The Kier molecular flexibility index (Phi) is 5.87. The summed E-state index contributed by atoms with van der Waals surface area (Å²) in [6, 6.07) is 7.65. The minimum atomic E-state index is -3.15. The molecule has 7 heteroatoms. The number of nitrogens with zero attached hydrogens (tertiary/aromatic N) is 2. The average molecular weight is 381 g/mol. The van der Waals surface area contributed by atoms with E-state index in [0.717, 1.165) is 19.4 Å². The van der Waals surface area contributed by atoms with Gasteiger partial charge in [0.15, 0.2) is 0 Å². The highest BCUT2D eigenvalue weighted by Crippen LogP contribution is 2.27. The summed E-state index contributed by atoms with van der Waals surface area (Å²) in [5.74, 6) is 0.634. The third-order valence-electron chi connectivity index (χ3n) is 5.34. The number of carbonyl (C=O) groups excluding carboxylic acids is 1. The van der Waals surface area contributed by atoms with E-state index in [9.17, 15) is 13.2 Å². The fraction of sp³-hybridized carbons (Fsp3) is 0.632. The number of ether oxygens (including phenoxy) is 1. The summed E-state index contributed by atoms with van der Waals surface area (Å²) >= 11 is 0. The molecule has 144 valence electrons. The molecule has 2 aliphatic rings. The molecule has 2 fully saturated rings. The van der Waals surface area contributed by atoms with E-state index >= 15 is 0 Å². The molecule has 1 aromatic rings. The minimum absolute atomic E-state index is 0.0290. The molecule has 0 unspecified atom stereocenters. The summed E-state index contributed by atoms with van der Waals surface area (Å²) in [6.07, 6.45) is 5.69. The number of hydrogen-bond donors (Lipinski definition) is 0. The molecular formula is C19H28N2O4S. The van der Waals surface area contributed by atoms with Crippen molar-refractivity contribution >= 4 is 15.9 Å². The van der Waals surface area contributed by atoms with E-state index in [1.807, 2.05) is 29.2 Å². The molecule has 1 atom stereocenters. The summed E-state index contributed by atoms with van der Waals surface area (Å²) in [4.78, 5) is 15.0. The maximum atomic E-state index is 13.0. The molecule has 2 saturated heterocycles. The van der Waals surface area contributed by atoms with E-state index in [0.29, 0.717) is 37.2 Å². The molecule has 2 aliphatic heterocycles. The van der Waals surface area contributed by atoms with Gasteiger partial charge in [0.05, 0.1) is 11.8 Å². The standard InChI is InChI=1S/C19H28N2O4S/c1-15-7-5-6-12-21(15)19(22)17-8-3-4-9-18(17)25-16-10-13-20(14-11-16)26(2,23)24/h3-4,8-9,15-16H,5-7,10-14H2,1-2H3/t15-/m1/s1. The zero-order chi connectivity index (χ0) is 18.7. The fourth-order valence-corrected chi connectivity index (χ4v) is 4.64. The van der Waals surface area contributed by atoms with Gasteiger partial charge in [-0.3, -0.25) is 4.79 Å². The maximum absolute atomic E-state index is 13.0. The number of carbonyl (C=O) groups is 1. The van der Waals surface area contributed by atoms with Crippen LogP contribution in [0, 0.1) is 0 Å². The van der Waals surface area contributed by atoms with Crippen LogP contribution in [0.1, 0.15) is 49.4 Å². The Morgan fingerprint density at radius 1 is 1.08 bits per heavy atom. The zero-order valence-corrected chi connectivity index (χ0v) is 16.4. The van der Waals surface area contributed by atoms with Crippen molar-refractivity contribution in [2.45, 2.75) is 51.2 Å². The smallest absolute Gasteiger partial charge is 0.257 e. The van der Waals surface area contributed by atoms with Gasteiger partial charge in [0.2, 0.25) is 10.0 Å². The number of sulfonamides is 1. The van der Waals surface area contributed by atoms with Crippen LogP contribution in [0.15, 0.2) is 24.3 Å². The van der Waals surface area contributed by atoms with Gasteiger partial charge in [-0.05, 0) is 51.2 Å². The highest BCUT2D eigenvalue weighted by atomic mass is 32.2. The summed E-state index contributed by atoms with van der Waals surface area (Å²) in [5.41, 5.74) is 0.604. The van der Waals surface area contributed by atoms with E-state index in [-0.39, 0.29) is 18.1 Å². The van der Waals surface area contributed by atoms with Crippen molar-refractivity contribution in [3.05, 3.63) is 29.8 Å². The summed E-state index contributed by atoms with van der Waals surface area (Å²) < 4.78 is 30.9. The Morgan fingerprint density at radius 3 is 2.42 bits per heavy atom. The summed E-state index contributed by atoms with van der Waals surface area (Å²) in [5, 5.41) is 0. The second-order valence-electron chi connectivity index (χ2n) is 7.32. The Bertz CT molecular complexity index is 742. The first-order chi connectivity index (χ1) is 12.4. The van der Waals surface area contributed by atoms with Crippen LogP contribution in [0.2, 0.25) is 0 Å². The largest absolute Gasteiger partial charge is 0.489 e. The van der Waals surface area contributed by atoms with E-state index in [4.69, 9.17) is 4.74 Å². The van der Waals surface area contributed by atoms with Crippen LogP contribution in [-0.4, -0.2) is 61.6 Å². The molecule has 0 aliphatic carbocycles. The normalized spacial score (nSPS) is 23.0. The third-order valence-corrected chi connectivity index (χ3v) is 6.65. The summed E-state index contributed by atoms with van der Waals surface area (Å²) in [6.45, 7) is 3.81. The van der Waals surface area contributed by atoms with Crippen LogP contribution in [0.4, 0.5) is 0 Å². The first-order valence-corrected chi connectivity index (χ1v) is 11.2. The van der Waals surface area contributed by atoms with Crippen LogP contribution >= 0.6 is 0 Å². The molecule has 1 aromatic carbocycles. The second-order valence-corrected chi connectivity index (χ2v) is 9.30. The monoisotopic (exact) mass is 380 g/mol. The second kappa shape index (κ2) is 7.96. The zero-order valence-electron chi connectivity index (χ0n) is 15.6. The summed E-state index contributed by atoms with van der Waals surface area (Å²) in [7, 11) is -3.15. The minimum Gasteiger partial charge on any atom is -0.489 e. The highest BCUT2D eigenvalue weighted by Gasteiger charge is 2.29. The molecule has 1 amide bonds. The van der Waals surface area contributed by atoms with Crippen LogP contribution in [0.3, 0.4) is 0 Å². The van der Waals surface area contributed by atoms with Gasteiger partial charge in [-0.15, -0.1) is 0 Å². The lowest BCUT2D eigenvalue weighted by Gasteiger charge is -2.34. The number of benzene rings is 1. The third kappa shape index (κ3) is 4.38. The number of piperidine rings is 2. The predicted octanol–water partition coefficient (Wildman–Crippen LogP) is 2.50.